The maximum atomic E-state index is 12.3. The van der Waals surface area contributed by atoms with Gasteiger partial charge in [0.1, 0.15) is 0 Å². The fraction of sp³-hybridized carbons (Fsp3) is 0.0500. The van der Waals surface area contributed by atoms with Crippen LogP contribution in [0.3, 0.4) is 0 Å². The minimum Gasteiger partial charge on any atom is -0.367 e. The van der Waals surface area contributed by atoms with Gasteiger partial charge in [0.2, 0.25) is 5.78 Å². The number of ketones is 1. The summed E-state index contributed by atoms with van der Waals surface area (Å²) in [5.41, 5.74) is 2.59. The monoisotopic (exact) mass is 332 g/mol. The second kappa shape index (κ2) is 7.51. The quantitative estimate of drug-likeness (QED) is 0.556. The molecule has 0 saturated carbocycles. The first-order chi connectivity index (χ1) is 12.1. The van der Waals surface area contributed by atoms with Crippen LogP contribution >= 0.6 is 0 Å². The number of nitrogens with one attached hydrogen (secondary N) is 1. The summed E-state index contributed by atoms with van der Waals surface area (Å²) < 4.78 is 0. The van der Waals surface area contributed by atoms with E-state index < -0.39 is 17.9 Å². The molecule has 1 atom stereocenters. The molecule has 0 saturated heterocycles. The van der Waals surface area contributed by atoms with Crippen LogP contribution in [0.4, 0.5) is 0 Å². The number of aromatic nitrogens is 1. The second-order valence-corrected chi connectivity index (χ2v) is 5.43. The summed E-state index contributed by atoms with van der Waals surface area (Å²) in [6.45, 7) is 0. The van der Waals surface area contributed by atoms with Crippen molar-refractivity contribution in [2.45, 2.75) is 6.23 Å². The van der Waals surface area contributed by atoms with E-state index in [1.54, 1.807) is 36.4 Å². The summed E-state index contributed by atoms with van der Waals surface area (Å²) in [7, 11) is 0. The number of carbonyl (C=O) groups is 2. The normalized spacial score (nSPS) is 11.6. The Balaban J connectivity index is 1.69. The number of aliphatic hydroxyl groups is 1. The van der Waals surface area contributed by atoms with E-state index >= 15 is 0 Å². The Labute approximate surface area is 145 Å². The van der Waals surface area contributed by atoms with Crippen LogP contribution in [-0.4, -0.2) is 28.0 Å². The van der Waals surface area contributed by atoms with Gasteiger partial charge in [-0.2, -0.15) is 0 Å². The summed E-state index contributed by atoms with van der Waals surface area (Å²) in [5.74, 6) is -1.13. The minimum atomic E-state index is -1.62. The number of hydrogen-bond acceptors (Lipinski definition) is 4. The zero-order valence-electron chi connectivity index (χ0n) is 13.3. The number of aliphatic hydroxyl groups excluding tert-OH is 1. The van der Waals surface area contributed by atoms with E-state index in [0.29, 0.717) is 5.56 Å². The van der Waals surface area contributed by atoms with Gasteiger partial charge in [-0.05, 0) is 23.3 Å². The fourth-order valence-corrected chi connectivity index (χ4v) is 2.39. The average Bonchev–Trinajstić information content (AvgIpc) is 2.69. The van der Waals surface area contributed by atoms with Crippen LogP contribution in [0, 0.1) is 0 Å². The van der Waals surface area contributed by atoms with Crippen molar-refractivity contribution < 1.29 is 14.7 Å². The lowest BCUT2D eigenvalue weighted by atomic mass is 10.0. The Morgan fingerprint density at radius 2 is 1.52 bits per heavy atom. The summed E-state index contributed by atoms with van der Waals surface area (Å²) >= 11 is 0. The third-order valence-corrected chi connectivity index (χ3v) is 3.72. The lowest BCUT2D eigenvalue weighted by Crippen LogP contribution is -2.40. The molecule has 1 heterocycles. The number of amides is 1. The molecule has 1 unspecified atom stereocenters. The number of rotatable bonds is 5. The molecule has 0 radical (unpaired) electrons. The van der Waals surface area contributed by atoms with E-state index in [1.165, 1.54) is 12.4 Å². The standard InChI is InChI=1S/C20H16N2O3/c23-18(20(25)22-19(24)17-7-4-12-21-13-17)16-10-8-15(9-11-16)14-5-2-1-3-6-14/h1-13,20,25H,(H,22,24). The van der Waals surface area contributed by atoms with Crippen LogP contribution in [0.1, 0.15) is 20.7 Å². The van der Waals surface area contributed by atoms with Gasteiger partial charge in [-0.15, -0.1) is 0 Å². The molecule has 1 amide bonds. The fourth-order valence-electron chi connectivity index (χ4n) is 2.39. The summed E-state index contributed by atoms with van der Waals surface area (Å²) in [5, 5.41) is 12.3. The molecule has 25 heavy (non-hydrogen) atoms. The molecule has 0 aliphatic heterocycles. The van der Waals surface area contributed by atoms with Gasteiger partial charge < -0.3 is 10.4 Å². The lowest BCUT2D eigenvalue weighted by molar-refractivity contribution is 0.0607. The zero-order valence-corrected chi connectivity index (χ0v) is 13.3. The van der Waals surface area contributed by atoms with Crippen molar-refractivity contribution in [3.8, 4) is 11.1 Å². The highest BCUT2D eigenvalue weighted by atomic mass is 16.3. The van der Waals surface area contributed by atoms with Crippen molar-refractivity contribution in [3.05, 3.63) is 90.3 Å². The maximum absolute atomic E-state index is 12.3. The third kappa shape index (κ3) is 3.97. The van der Waals surface area contributed by atoms with E-state index in [-0.39, 0.29) is 5.56 Å². The molecule has 5 heteroatoms. The van der Waals surface area contributed by atoms with Crippen LogP contribution in [0.2, 0.25) is 0 Å². The lowest BCUT2D eigenvalue weighted by Gasteiger charge is -2.12. The Morgan fingerprint density at radius 3 is 2.16 bits per heavy atom. The summed E-state index contributed by atoms with van der Waals surface area (Å²) in [6, 6.07) is 19.8. The first-order valence-electron chi connectivity index (χ1n) is 7.74. The minimum absolute atomic E-state index is 0.272. The van der Waals surface area contributed by atoms with Gasteiger partial charge >= 0.3 is 0 Å². The smallest absolute Gasteiger partial charge is 0.255 e. The highest BCUT2D eigenvalue weighted by Crippen LogP contribution is 2.19. The van der Waals surface area contributed by atoms with Gasteiger partial charge in [0.15, 0.2) is 6.23 Å². The van der Waals surface area contributed by atoms with Crippen LogP contribution in [0.15, 0.2) is 79.1 Å². The van der Waals surface area contributed by atoms with Gasteiger partial charge in [0, 0.05) is 18.0 Å². The predicted octanol–water partition coefficient (Wildman–Crippen LogP) is 2.68. The molecule has 2 N–H and O–H groups in total. The largest absolute Gasteiger partial charge is 0.367 e. The molecule has 0 spiro atoms. The third-order valence-electron chi connectivity index (χ3n) is 3.72. The Hall–Kier alpha value is -3.31. The number of Topliss-reactive ketones (excluding diaryl/α,β-unsaturated/α-hetero) is 1. The maximum Gasteiger partial charge on any atom is 0.255 e. The Morgan fingerprint density at radius 1 is 0.840 bits per heavy atom. The van der Waals surface area contributed by atoms with Crippen molar-refractivity contribution in [3.63, 3.8) is 0 Å². The second-order valence-electron chi connectivity index (χ2n) is 5.43. The first kappa shape index (κ1) is 16.5. The van der Waals surface area contributed by atoms with Crippen molar-refractivity contribution >= 4 is 11.7 Å². The van der Waals surface area contributed by atoms with E-state index in [9.17, 15) is 14.7 Å². The topological polar surface area (TPSA) is 79.3 Å². The number of pyridine rings is 1. The van der Waals surface area contributed by atoms with E-state index in [1.807, 2.05) is 30.3 Å². The molecule has 0 aliphatic rings. The van der Waals surface area contributed by atoms with Crippen molar-refractivity contribution in [1.82, 2.24) is 10.3 Å². The van der Waals surface area contributed by atoms with E-state index in [0.717, 1.165) is 11.1 Å². The summed E-state index contributed by atoms with van der Waals surface area (Å²) in [4.78, 5) is 28.1. The highest BCUT2D eigenvalue weighted by Gasteiger charge is 2.20. The molecule has 3 aromatic rings. The van der Waals surface area contributed by atoms with Gasteiger partial charge in [-0.1, -0.05) is 54.6 Å². The average molecular weight is 332 g/mol. The highest BCUT2D eigenvalue weighted by molar-refractivity contribution is 6.03. The van der Waals surface area contributed by atoms with Gasteiger partial charge in [0.25, 0.3) is 5.91 Å². The van der Waals surface area contributed by atoms with Crippen LogP contribution in [0.25, 0.3) is 11.1 Å². The first-order valence-corrected chi connectivity index (χ1v) is 7.74. The molecule has 0 fully saturated rings. The van der Waals surface area contributed by atoms with Gasteiger partial charge in [-0.3, -0.25) is 14.6 Å². The molecule has 5 nitrogen and oxygen atoms in total. The van der Waals surface area contributed by atoms with Crippen molar-refractivity contribution in [1.29, 1.82) is 0 Å². The van der Waals surface area contributed by atoms with Gasteiger partial charge in [0.05, 0.1) is 5.56 Å². The SMILES string of the molecule is O=C(NC(O)C(=O)c1ccc(-c2ccccc2)cc1)c1cccnc1. The Kier molecular flexibility index (Phi) is 4.97. The van der Waals surface area contributed by atoms with Gasteiger partial charge in [-0.25, -0.2) is 0 Å². The molecule has 3 rings (SSSR count). The zero-order chi connectivity index (χ0) is 17.6. The predicted molar refractivity (Wildman–Crippen MR) is 93.9 cm³/mol. The molecule has 0 aliphatic carbocycles. The van der Waals surface area contributed by atoms with Crippen LogP contribution in [0.5, 0.6) is 0 Å². The number of nitrogens with zero attached hydrogens (tertiary/aromatic N) is 1. The van der Waals surface area contributed by atoms with Crippen LogP contribution < -0.4 is 5.32 Å². The Bertz CT molecular complexity index is 862. The molecule has 124 valence electrons. The summed E-state index contributed by atoms with van der Waals surface area (Å²) in [6.07, 6.45) is 1.28. The van der Waals surface area contributed by atoms with Crippen molar-refractivity contribution in [2.24, 2.45) is 0 Å². The number of hydrogen-bond donors (Lipinski definition) is 2. The van der Waals surface area contributed by atoms with Crippen LogP contribution in [-0.2, 0) is 0 Å². The number of benzene rings is 2. The molecular weight excluding hydrogens is 316 g/mol. The van der Waals surface area contributed by atoms with E-state index in [2.05, 4.69) is 10.3 Å². The molecule has 2 aromatic carbocycles. The van der Waals surface area contributed by atoms with Crippen molar-refractivity contribution in [2.75, 3.05) is 0 Å². The molecular formula is C20H16N2O3. The number of carbonyl (C=O) groups excluding carboxylic acids is 2. The molecule has 1 aromatic heterocycles. The molecule has 0 bridgehead atoms. The van der Waals surface area contributed by atoms with E-state index in [4.69, 9.17) is 0 Å².